The van der Waals surface area contributed by atoms with Gasteiger partial charge in [-0.15, -0.1) is 5.10 Å². The average Bonchev–Trinajstić information content (AvgIpc) is 2.91. The van der Waals surface area contributed by atoms with Crippen molar-refractivity contribution in [2.45, 2.75) is 24.1 Å². The summed E-state index contributed by atoms with van der Waals surface area (Å²) in [6.07, 6.45) is -7.67. The molecule has 0 bridgehead atoms. The minimum absolute atomic E-state index is 0.340. The van der Waals surface area contributed by atoms with Gasteiger partial charge in [-0.2, -0.15) is 18.3 Å². The van der Waals surface area contributed by atoms with Gasteiger partial charge in [0.2, 0.25) is 0 Å². The van der Waals surface area contributed by atoms with Gasteiger partial charge < -0.3 is 0 Å². The summed E-state index contributed by atoms with van der Waals surface area (Å²) in [5.41, 5.74) is -2.55. The molecule has 0 aromatic carbocycles. The summed E-state index contributed by atoms with van der Waals surface area (Å²) >= 11 is 0. The molecule has 7 nitrogen and oxygen atoms in total. The van der Waals surface area contributed by atoms with E-state index >= 15 is 0 Å². The Morgan fingerprint density at radius 3 is 2.29 bits per heavy atom. The van der Waals surface area contributed by atoms with Crippen LogP contribution in [0.2, 0.25) is 0 Å². The van der Waals surface area contributed by atoms with Gasteiger partial charge in [-0.05, 0) is 6.07 Å². The first-order valence-electron chi connectivity index (χ1n) is 6.38. The summed E-state index contributed by atoms with van der Waals surface area (Å²) in [7, 11) is -1.87. The zero-order valence-corrected chi connectivity index (χ0v) is 13.2. The van der Waals surface area contributed by atoms with Crippen LogP contribution in [-0.4, -0.2) is 33.2 Å². The van der Waals surface area contributed by atoms with Gasteiger partial charge in [0.15, 0.2) is 9.84 Å². The summed E-state index contributed by atoms with van der Waals surface area (Å²) in [5, 5.41) is 10.2. The largest absolute Gasteiger partial charge is 0.433 e. The first kappa shape index (κ1) is 18.3. The van der Waals surface area contributed by atoms with Crippen LogP contribution in [0.5, 0.6) is 0 Å². The number of hydrogen-bond acceptors (Lipinski definition) is 5. The van der Waals surface area contributed by atoms with Gasteiger partial charge in [0.05, 0.1) is 17.2 Å². The minimum Gasteiger partial charge on any atom is -0.263 e. The normalized spacial score (nSPS) is 13.0. The van der Waals surface area contributed by atoms with E-state index in [1.165, 1.54) is 7.05 Å². The lowest BCUT2D eigenvalue weighted by Crippen LogP contribution is -2.11. The Morgan fingerprint density at radius 1 is 1.17 bits per heavy atom. The van der Waals surface area contributed by atoms with E-state index in [9.17, 15) is 30.4 Å². The molecule has 0 aliphatic rings. The van der Waals surface area contributed by atoms with Gasteiger partial charge in [0, 0.05) is 14.1 Å². The Bertz CT molecular complexity index is 840. The zero-order chi connectivity index (χ0) is 18.3. The van der Waals surface area contributed by atoms with Crippen LogP contribution in [0.4, 0.5) is 22.0 Å². The molecule has 0 saturated heterocycles. The molecule has 24 heavy (non-hydrogen) atoms. The number of nitrogens with zero attached hydrogens (tertiary/aromatic N) is 5. The predicted octanol–water partition coefficient (Wildman–Crippen LogP) is 1.62. The standard InChI is InChI=1S/C11H12F5N5O2S/c1-20-8(11(14,15)16)3-6(18-20)4-24(22,23)5-7-9(10(12)13)21(2)19-17-7/h3,10H,4-5H2,1-2H3. The van der Waals surface area contributed by atoms with Crippen molar-refractivity contribution in [1.29, 1.82) is 0 Å². The smallest absolute Gasteiger partial charge is 0.263 e. The zero-order valence-electron chi connectivity index (χ0n) is 12.4. The molecular formula is C11H12F5N5O2S. The number of alkyl halides is 5. The molecular weight excluding hydrogens is 361 g/mol. The van der Waals surface area contributed by atoms with Gasteiger partial charge in [0.1, 0.15) is 17.1 Å². The van der Waals surface area contributed by atoms with E-state index < -0.39 is 51.0 Å². The van der Waals surface area contributed by atoms with Crippen LogP contribution in [0.25, 0.3) is 0 Å². The number of aryl methyl sites for hydroxylation is 2. The fraction of sp³-hybridized carbons (Fsp3) is 0.545. The molecule has 13 heteroatoms. The van der Waals surface area contributed by atoms with Crippen LogP contribution < -0.4 is 0 Å². The molecule has 2 heterocycles. The maximum Gasteiger partial charge on any atom is 0.433 e. The van der Waals surface area contributed by atoms with Crippen LogP contribution in [-0.2, 0) is 41.6 Å². The Balaban J connectivity index is 2.24. The molecule has 2 rings (SSSR count). The Labute approximate surface area is 133 Å². The van der Waals surface area contributed by atoms with Gasteiger partial charge in [-0.1, -0.05) is 5.21 Å². The van der Waals surface area contributed by atoms with Gasteiger partial charge in [-0.3, -0.25) is 4.68 Å². The van der Waals surface area contributed by atoms with Crippen molar-refractivity contribution in [3.05, 3.63) is 28.8 Å². The molecule has 0 radical (unpaired) electrons. The third kappa shape index (κ3) is 3.88. The lowest BCUT2D eigenvalue weighted by molar-refractivity contribution is -0.143. The van der Waals surface area contributed by atoms with Crippen molar-refractivity contribution in [3.63, 3.8) is 0 Å². The Kier molecular flexibility index (Phi) is 4.65. The van der Waals surface area contributed by atoms with Crippen molar-refractivity contribution in [2.75, 3.05) is 0 Å². The molecule has 0 saturated carbocycles. The highest BCUT2D eigenvalue weighted by Gasteiger charge is 2.35. The summed E-state index contributed by atoms with van der Waals surface area (Å²) in [6.45, 7) is 0. The SMILES string of the molecule is Cn1nc(CS(=O)(=O)Cc2nnn(C)c2C(F)F)cc1C(F)(F)F. The first-order chi connectivity index (χ1) is 10.9. The van der Waals surface area contributed by atoms with Crippen molar-refractivity contribution in [1.82, 2.24) is 24.8 Å². The second kappa shape index (κ2) is 6.11. The number of halogens is 5. The van der Waals surface area contributed by atoms with E-state index in [1.54, 1.807) is 0 Å². The predicted molar refractivity (Wildman–Crippen MR) is 70.5 cm³/mol. The van der Waals surface area contributed by atoms with E-state index in [2.05, 4.69) is 15.4 Å². The summed E-state index contributed by atoms with van der Waals surface area (Å²) in [5.74, 6) is -1.71. The van der Waals surface area contributed by atoms with Crippen LogP contribution in [0, 0.1) is 0 Å². The van der Waals surface area contributed by atoms with Crippen LogP contribution >= 0.6 is 0 Å². The molecule has 0 amide bonds. The second-order valence-electron chi connectivity index (χ2n) is 5.02. The van der Waals surface area contributed by atoms with Gasteiger partial charge in [-0.25, -0.2) is 21.9 Å². The van der Waals surface area contributed by atoms with Crippen LogP contribution in [0.15, 0.2) is 6.07 Å². The van der Waals surface area contributed by atoms with Crippen molar-refractivity contribution in [2.24, 2.45) is 14.1 Å². The minimum atomic E-state index is -4.68. The summed E-state index contributed by atoms with van der Waals surface area (Å²) in [6, 6.07) is 0.599. The van der Waals surface area contributed by atoms with Crippen molar-refractivity contribution < 1.29 is 30.4 Å². The summed E-state index contributed by atoms with van der Waals surface area (Å²) in [4.78, 5) is 0. The van der Waals surface area contributed by atoms with Crippen LogP contribution in [0.1, 0.15) is 29.2 Å². The number of sulfone groups is 1. The Morgan fingerprint density at radius 2 is 1.79 bits per heavy atom. The molecule has 0 aliphatic heterocycles. The lowest BCUT2D eigenvalue weighted by Gasteiger charge is -2.04. The third-order valence-corrected chi connectivity index (χ3v) is 4.54. The van der Waals surface area contributed by atoms with Gasteiger partial charge in [0.25, 0.3) is 6.43 Å². The first-order valence-corrected chi connectivity index (χ1v) is 8.20. The topological polar surface area (TPSA) is 82.7 Å². The van der Waals surface area contributed by atoms with Crippen molar-refractivity contribution >= 4 is 9.84 Å². The summed E-state index contributed by atoms with van der Waals surface area (Å²) < 4.78 is 89.2. The molecule has 0 fully saturated rings. The van der Waals surface area contributed by atoms with E-state index in [1.807, 2.05) is 0 Å². The van der Waals surface area contributed by atoms with E-state index in [4.69, 9.17) is 0 Å². The van der Waals surface area contributed by atoms with E-state index in [0.717, 1.165) is 11.7 Å². The molecule has 0 unspecified atom stereocenters. The third-order valence-electron chi connectivity index (χ3n) is 3.10. The Hall–Kier alpha value is -2.05. The molecule has 0 spiro atoms. The average molecular weight is 373 g/mol. The van der Waals surface area contributed by atoms with E-state index in [-0.39, 0.29) is 5.69 Å². The molecule has 2 aromatic rings. The van der Waals surface area contributed by atoms with Crippen LogP contribution in [0.3, 0.4) is 0 Å². The maximum absolute atomic E-state index is 12.9. The van der Waals surface area contributed by atoms with E-state index in [0.29, 0.717) is 10.7 Å². The quantitative estimate of drug-likeness (QED) is 0.744. The number of hydrogen-bond donors (Lipinski definition) is 0. The molecule has 0 aliphatic carbocycles. The maximum atomic E-state index is 12.9. The fourth-order valence-electron chi connectivity index (χ4n) is 2.12. The van der Waals surface area contributed by atoms with Gasteiger partial charge >= 0.3 is 6.18 Å². The van der Waals surface area contributed by atoms with Crippen molar-refractivity contribution in [3.8, 4) is 0 Å². The number of rotatable bonds is 5. The molecule has 0 N–H and O–H groups in total. The second-order valence-corrected chi connectivity index (χ2v) is 7.08. The molecule has 134 valence electrons. The monoisotopic (exact) mass is 373 g/mol. The number of aromatic nitrogens is 5. The highest BCUT2D eigenvalue weighted by atomic mass is 32.2. The molecule has 2 aromatic heterocycles. The highest BCUT2D eigenvalue weighted by Crippen LogP contribution is 2.30. The molecule has 0 atom stereocenters. The highest BCUT2D eigenvalue weighted by molar-refractivity contribution is 7.89. The fourth-order valence-corrected chi connectivity index (χ4v) is 3.44. The lowest BCUT2D eigenvalue weighted by atomic mass is 10.3.